The van der Waals surface area contributed by atoms with Gasteiger partial charge in [-0.3, -0.25) is 9.78 Å². The molecular formula is C22H21N3O4. The molecule has 0 aliphatic heterocycles. The summed E-state index contributed by atoms with van der Waals surface area (Å²) in [5, 5.41) is 2.90. The van der Waals surface area contributed by atoms with Crippen molar-refractivity contribution in [1.82, 2.24) is 15.3 Å². The summed E-state index contributed by atoms with van der Waals surface area (Å²) in [5.74, 6) is 1.38. The Morgan fingerprint density at radius 2 is 1.97 bits per heavy atom. The number of fused-ring (bicyclic) bond motifs is 1. The first-order chi connectivity index (χ1) is 14.2. The Hall–Kier alpha value is -3.87. The Morgan fingerprint density at radius 3 is 2.69 bits per heavy atom. The van der Waals surface area contributed by atoms with Crippen LogP contribution in [0.3, 0.4) is 0 Å². The Morgan fingerprint density at radius 1 is 1.17 bits per heavy atom. The Balaban J connectivity index is 0.00000256. The number of methoxy groups -OCH3 is 2. The third-order valence-electron chi connectivity index (χ3n) is 4.44. The van der Waals surface area contributed by atoms with E-state index in [1.807, 2.05) is 24.3 Å². The topological polar surface area (TPSA) is 86.5 Å². The highest BCUT2D eigenvalue weighted by Gasteiger charge is 2.13. The van der Waals surface area contributed by atoms with E-state index in [0.29, 0.717) is 40.7 Å². The number of pyridine rings is 1. The van der Waals surface area contributed by atoms with Crippen LogP contribution in [-0.2, 0) is 0 Å². The predicted octanol–water partition coefficient (Wildman–Crippen LogP) is 4.14. The zero-order chi connectivity index (χ0) is 20.2. The quantitative estimate of drug-likeness (QED) is 0.703. The number of ether oxygens (including phenoxy) is 2. The van der Waals surface area contributed by atoms with Crippen LogP contribution in [0.1, 0.15) is 24.1 Å². The maximum Gasteiger partial charge on any atom is 0.255 e. The molecule has 0 unspecified atom stereocenters. The van der Waals surface area contributed by atoms with Gasteiger partial charge < -0.3 is 19.2 Å². The summed E-state index contributed by atoms with van der Waals surface area (Å²) in [6, 6.07) is 6.84. The van der Waals surface area contributed by atoms with Crippen LogP contribution in [0.15, 0.2) is 71.1 Å². The lowest BCUT2D eigenvalue weighted by Crippen LogP contribution is -2.21. The highest BCUT2D eigenvalue weighted by atomic mass is 16.5. The van der Waals surface area contributed by atoms with Gasteiger partial charge in [0.15, 0.2) is 5.58 Å². The summed E-state index contributed by atoms with van der Waals surface area (Å²) < 4.78 is 16.2. The number of hydrogen-bond donors (Lipinski definition) is 1. The van der Waals surface area contributed by atoms with E-state index in [9.17, 15) is 4.79 Å². The minimum atomic E-state index is -0.261. The van der Waals surface area contributed by atoms with Crippen LogP contribution in [0.5, 0.6) is 11.5 Å². The van der Waals surface area contributed by atoms with Gasteiger partial charge in [-0.15, -0.1) is 0 Å². The van der Waals surface area contributed by atoms with E-state index in [1.54, 1.807) is 50.9 Å². The van der Waals surface area contributed by atoms with Crippen molar-refractivity contribution in [3.63, 3.8) is 0 Å². The number of carbonyl (C=O) groups is 1. The monoisotopic (exact) mass is 391 g/mol. The second kappa shape index (κ2) is 8.02. The first-order valence-electron chi connectivity index (χ1n) is 8.99. The lowest BCUT2D eigenvalue weighted by Gasteiger charge is -2.09. The van der Waals surface area contributed by atoms with Gasteiger partial charge in [-0.25, -0.2) is 4.98 Å². The number of allylic oxidation sites excluding steroid dienone is 5. The van der Waals surface area contributed by atoms with Gasteiger partial charge in [-0.2, -0.15) is 0 Å². The molecule has 2 heterocycles. The molecule has 3 aromatic rings. The first-order valence-corrected chi connectivity index (χ1v) is 8.99. The summed E-state index contributed by atoms with van der Waals surface area (Å²) in [7, 11) is 3.09. The van der Waals surface area contributed by atoms with Crippen molar-refractivity contribution < 1.29 is 20.1 Å². The van der Waals surface area contributed by atoms with E-state index in [4.69, 9.17) is 13.9 Å². The maximum absolute atomic E-state index is 12.7. The summed E-state index contributed by atoms with van der Waals surface area (Å²) >= 11 is 0. The van der Waals surface area contributed by atoms with Crippen LogP contribution in [0, 0.1) is 0 Å². The first kappa shape index (κ1) is 18.5. The molecule has 29 heavy (non-hydrogen) atoms. The molecule has 0 fully saturated rings. The molecule has 1 aliphatic rings. The van der Waals surface area contributed by atoms with Crippen molar-refractivity contribution in [2.75, 3.05) is 14.2 Å². The fourth-order valence-corrected chi connectivity index (χ4v) is 2.93. The van der Waals surface area contributed by atoms with Crippen molar-refractivity contribution in [1.29, 1.82) is 0 Å². The van der Waals surface area contributed by atoms with Gasteiger partial charge in [-0.1, -0.05) is 12.2 Å². The maximum atomic E-state index is 12.7. The molecule has 0 saturated carbocycles. The third-order valence-corrected chi connectivity index (χ3v) is 4.44. The van der Waals surface area contributed by atoms with Crippen molar-refractivity contribution in [3.8, 4) is 11.5 Å². The Kier molecular flexibility index (Phi) is 5.11. The highest BCUT2D eigenvalue weighted by Crippen LogP contribution is 2.25. The van der Waals surface area contributed by atoms with E-state index in [0.717, 1.165) is 11.1 Å². The van der Waals surface area contributed by atoms with Crippen LogP contribution in [0.2, 0.25) is 0 Å². The highest BCUT2D eigenvalue weighted by molar-refractivity contribution is 5.96. The molecule has 1 aromatic carbocycles. The second-order valence-electron chi connectivity index (χ2n) is 6.34. The molecule has 1 amide bonds. The Bertz CT molecular complexity index is 1110. The lowest BCUT2D eigenvalue weighted by atomic mass is 10.2. The van der Waals surface area contributed by atoms with Crippen molar-refractivity contribution in [3.05, 3.63) is 78.1 Å². The fraction of sp³-hybridized carbons (Fsp3) is 0.136. The molecule has 7 nitrogen and oxygen atoms in total. The van der Waals surface area contributed by atoms with Gasteiger partial charge in [0.05, 0.1) is 20.4 Å². The minimum absolute atomic E-state index is 0. The number of hydrogen-bond acceptors (Lipinski definition) is 6. The van der Waals surface area contributed by atoms with Crippen LogP contribution < -0.4 is 14.8 Å². The molecule has 1 N–H and O–H groups in total. The minimum Gasteiger partial charge on any atom is -0.497 e. The zero-order valence-electron chi connectivity index (χ0n) is 16.0. The number of rotatable bonds is 5. The largest absolute Gasteiger partial charge is 0.497 e. The van der Waals surface area contributed by atoms with Gasteiger partial charge in [0.2, 0.25) is 5.89 Å². The molecule has 0 radical (unpaired) electrons. The van der Waals surface area contributed by atoms with Crippen LogP contribution in [0.4, 0.5) is 0 Å². The van der Waals surface area contributed by atoms with Gasteiger partial charge >= 0.3 is 0 Å². The molecule has 0 saturated heterocycles. The molecule has 1 aliphatic carbocycles. The van der Waals surface area contributed by atoms with Gasteiger partial charge in [0.1, 0.15) is 17.0 Å². The van der Waals surface area contributed by atoms with Crippen LogP contribution in [0.25, 0.3) is 16.7 Å². The molecule has 0 bridgehead atoms. The molecular weight excluding hydrogens is 370 g/mol. The van der Waals surface area contributed by atoms with Gasteiger partial charge in [0, 0.05) is 30.5 Å². The van der Waals surface area contributed by atoms with E-state index < -0.39 is 0 Å². The summed E-state index contributed by atoms with van der Waals surface area (Å²) in [4.78, 5) is 21.2. The smallest absolute Gasteiger partial charge is 0.255 e. The van der Waals surface area contributed by atoms with Crippen LogP contribution >= 0.6 is 0 Å². The Labute approximate surface area is 168 Å². The van der Waals surface area contributed by atoms with Gasteiger partial charge in [-0.05, 0) is 36.8 Å². The van der Waals surface area contributed by atoms with Gasteiger partial charge in [0.25, 0.3) is 5.91 Å². The number of amides is 1. The van der Waals surface area contributed by atoms with Crippen LogP contribution in [-0.4, -0.2) is 30.1 Å². The summed E-state index contributed by atoms with van der Waals surface area (Å²) in [5.41, 5.74) is 3.40. The molecule has 0 atom stereocenters. The number of nitrogens with zero attached hydrogens (tertiary/aromatic N) is 2. The number of nitrogens with one attached hydrogen (secondary N) is 1. The summed E-state index contributed by atoms with van der Waals surface area (Å²) in [6.45, 7) is 0. The predicted molar refractivity (Wildman–Crippen MR) is 111 cm³/mol. The number of benzene rings is 1. The van der Waals surface area contributed by atoms with E-state index in [-0.39, 0.29) is 7.33 Å². The SMILES string of the molecule is COc1cc(OC)cc(C(=O)NC2=CC=C(c3nc4ccncc4o3)CC=C2)c1.[HH]. The standard InChI is InChI=1S/C22H19N3O4.H2/c1-27-17-10-15(11-18(12-17)28-2)21(26)24-16-5-3-4-14(6-7-16)22-25-19-8-9-23-13-20(19)29-22;/h3,5-13H,4H2,1-2H3,(H,24,26);1H. The fourth-order valence-electron chi connectivity index (χ4n) is 2.93. The normalized spacial score (nSPS) is 13.4. The number of carbonyl (C=O) groups excluding carboxylic acids is 1. The van der Waals surface area contributed by atoms with E-state index in [1.165, 1.54) is 0 Å². The average Bonchev–Trinajstić information content (AvgIpc) is 3.05. The zero-order valence-corrected chi connectivity index (χ0v) is 16.0. The number of oxazole rings is 1. The van der Waals surface area contributed by atoms with E-state index in [2.05, 4.69) is 15.3 Å². The molecule has 0 spiro atoms. The number of aromatic nitrogens is 2. The second-order valence-corrected chi connectivity index (χ2v) is 6.34. The lowest BCUT2D eigenvalue weighted by molar-refractivity contribution is 0.0966. The average molecular weight is 391 g/mol. The van der Waals surface area contributed by atoms with Crippen molar-refractivity contribution in [2.45, 2.75) is 6.42 Å². The molecule has 7 heteroatoms. The molecule has 4 rings (SSSR count). The third kappa shape index (κ3) is 4.03. The van der Waals surface area contributed by atoms with Crippen molar-refractivity contribution in [2.24, 2.45) is 0 Å². The van der Waals surface area contributed by atoms with E-state index >= 15 is 0 Å². The molecule has 148 valence electrons. The van der Waals surface area contributed by atoms with Crippen molar-refractivity contribution >= 4 is 22.6 Å². The molecule has 2 aromatic heterocycles. The summed E-state index contributed by atoms with van der Waals surface area (Å²) in [6.07, 6.45) is 11.5.